The number of phenolic OH excluding ortho intramolecular Hbond substituents is 1. The number of benzene rings is 1. The van der Waals surface area contributed by atoms with E-state index in [1.165, 1.54) is 42.6 Å². The van der Waals surface area contributed by atoms with Crippen LogP contribution in [0, 0.1) is 0 Å². The van der Waals surface area contributed by atoms with E-state index in [1.807, 2.05) is 12.1 Å². The zero-order valence-electron chi connectivity index (χ0n) is 15.0. The van der Waals surface area contributed by atoms with Crippen LogP contribution in [0.2, 0.25) is 0 Å². The highest BCUT2D eigenvalue weighted by Crippen LogP contribution is 2.39. The predicted octanol–water partition coefficient (Wildman–Crippen LogP) is 3.75. The highest BCUT2D eigenvalue weighted by atomic mass is 16.3. The lowest BCUT2D eigenvalue weighted by Gasteiger charge is -2.20. The van der Waals surface area contributed by atoms with Crippen molar-refractivity contribution in [1.29, 1.82) is 0 Å². The molecular formula is C20H23N5O. The maximum absolute atomic E-state index is 9.83. The fraction of sp³-hybridized carbons (Fsp3) is 0.450. The van der Waals surface area contributed by atoms with Crippen LogP contribution in [0.4, 0.5) is 0 Å². The Morgan fingerprint density at radius 1 is 1.15 bits per heavy atom. The van der Waals surface area contributed by atoms with E-state index in [0.29, 0.717) is 6.04 Å². The molecule has 6 heteroatoms. The Labute approximate surface area is 152 Å². The number of aryl methyl sites for hydroxylation is 1. The molecule has 0 unspecified atom stereocenters. The zero-order valence-corrected chi connectivity index (χ0v) is 15.0. The van der Waals surface area contributed by atoms with E-state index in [2.05, 4.69) is 26.4 Å². The first-order chi connectivity index (χ1) is 12.8. The molecule has 1 saturated carbocycles. The SMILES string of the molecule is CCc1nn(C2CCCC2)c2c1CCn1c(-c3cccc(O)c3)nnc1-2. The van der Waals surface area contributed by atoms with Gasteiger partial charge in [0.25, 0.3) is 0 Å². The van der Waals surface area contributed by atoms with E-state index in [9.17, 15) is 5.11 Å². The molecule has 6 nitrogen and oxygen atoms in total. The number of phenols is 1. The van der Waals surface area contributed by atoms with Gasteiger partial charge >= 0.3 is 0 Å². The first kappa shape index (κ1) is 15.6. The van der Waals surface area contributed by atoms with Gasteiger partial charge in [0.15, 0.2) is 11.6 Å². The molecule has 0 amide bonds. The van der Waals surface area contributed by atoms with Gasteiger partial charge in [0.1, 0.15) is 11.4 Å². The van der Waals surface area contributed by atoms with E-state index >= 15 is 0 Å². The standard InChI is InChI=1S/C20H23N5O/c1-2-17-16-10-11-24-19(13-6-5-9-15(26)12-13)21-22-20(24)18(16)25(23-17)14-7-3-4-8-14/h5-6,9,12,14,26H,2-4,7-8,10-11H2,1H3. The number of aromatic nitrogens is 5. The summed E-state index contributed by atoms with van der Waals surface area (Å²) in [5.74, 6) is 1.99. The normalized spacial score (nSPS) is 16.7. The summed E-state index contributed by atoms with van der Waals surface area (Å²) < 4.78 is 4.43. The first-order valence-electron chi connectivity index (χ1n) is 9.59. The summed E-state index contributed by atoms with van der Waals surface area (Å²) in [7, 11) is 0. The van der Waals surface area contributed by atoms with Crippen LogP contribution in [0.3, 0.4) is 0 Å². The van der Waals surface area contributed by atoms with Crippen molar-refractivity contribution in [2.45, 2.75) is 58.0 Å². The third-order valence-corrected chi connectivity index (χ3v) is 5.75. The Kier molecular flexibility index (Phi) is 3.58. The van der Waals surface area contributed by atoms with Crippen molar-refractivity contribution in [2.24, 2.45) is 0 Å². The fourth-order valence-corrected chi connectivity index (χ4v) is 4.48. The molecule has 1 aliphatic carbocycles. The van der Waals surface area contributed by atoms with Gasteiger partial charge in [-0.2, -0.15) is 5.10 Å². The second kappa shape index (κ2) is 5.97. The van der Waals surface area contributed by atoms with Crippen LogP contribution in [-0.4, -0.2) is 29.7 Å². The minimum Gasteiger partial charge on any atom is -0.508 e. The monoisotopic (exact) mass is 349 g/mol. The highest BCUT2D eigenvalue weighted by molar-refractivity contribution is 5.66. The lowest BCUT2D eigenvalue weighted by atomic mass is 10.0. The Balaban J connectivity index is 1.67. The topological polar surface area (TPSA) is 68.8 Å². The van der Waals surface area contributed by atoms with Crippen LogP contribution in [0.15, 0.2) is 24.3 Å². The lowest BCUT2D eigenvalue weighted by Crippen LogP contribution is -2.16. The number of hydrogen-bond acceptors (Lipinski definition) is 4. The van der Waals surface area contributed by atoms with Gasteiger partial charge in [0, 0.05) is 17.7 Å². The lowest BCUT2D eigenvalue weighted by molar-refractivity contribution is 0.464. The molecule has 3 aromatic rings. The minimum atomic E-state index is 0.251. The van der Waals surface area contributed by atoms with Gasteiger partial charge in [0.05, 0.1) is 11.7 Å². The quantitative estimate of drug-likeness (QED) is 0.782. The first-order valence-corrected chi connectivity index (χ1v) is 9.59. The van der Waals surface area contributed by atoms with E-state index in [4.69, 9.17) is 5.10 Å². The zero-order chi connectivity index (χ0) is 17.7. The summed E-state index contributed by atoms with van der Waals surface area (Å²) in [6, 6.07) is 7.73. The predicted molar refractivity (Wildman–Crippen MR) is 98.9 cm³/mol. The second-order valence-corrected chi connectivity index (χ2v) is 7.31. The average Bonchev–Trinajstić information content (AvgIpc) is 3.38. The van der Waals surface area contributed by atoms with E-state index in [-0.39, 0.29) is 5.75 Å². The van der Waals surface area contributed by atoms with Crippen molar-refractivity contribution in [3.8, 4) is 28.7 Å². The molecule has 1 aliphatic heterocycles. The Bertz CT molecular complexity index is 965. The summed E-state index contributed by atoms with van der Waals surface area (Å²) in [4.78, 5) is 0. The molecule has 2 aliphatic rings. The smallest absolute Gasteiger partial charge is 0.182 e. The van der Waals surface area contributed by atoms with Crippen LogP contribution in [-0.2, 0) is 19.4 Å². The number of nitrogens with zero attached hydrogens (tertiary/aromatic N) is 5. The van der Waals surface area contributed by atoms with Crippen LogP contribution in [0.1, 0.15) is 49.9 Å². The van der Waals surface area contributed by atoms with Crippen LogP contribution in [0.5, 0.6) is 5.75 Å². The molecule has 0 bridgehead atoms. The molecule has 0 atom stereocenters. The van der Waals surface area contributed by atoms with Gasteiger partial charge in [-0.3, -0.25) is 4.68 Å². The average molecular weight is 349 g/mol. The molecule has 1 fully saturated rings. The molecule has 2 aromatic heterocycles. The second-order valence-electron chi connectivity index (χ2n) is 7.31. The molecule has 0 spiro atoms. The van der Waals surface area contributed by atoms with Crippen molar-refractivity contribution >= 4 is 0 Å². The van der Waals surface area contributed by atoms with Crippen molar-refractivity contribution in [3.05, 3.63) is 35.5 Å². The van der Waals surface area contributed by atoms with Gasteiger partial charge in [-0.15, -0.1) is 10.2 Å². The Morgan fingerprint density at radius 3 is 2.73 bits per heavy atom. The number of fused-ring (bicyclic) bond motifs is 3. The molecule has 5 rings (SSSR count). The van der Waals surface area contributed by atoms with Crippen molar-refractivity contribution in [3.63, 3.8) is 0 Å². The molecule has 1 N–H and O–H groups in total. The molecule has 26 heavy (non-hydrogen) atoms. The molecule has 0 radical (unpaired) electrons. The van der Waals surface area contributed by atoms with E-state index in [1.54, 1.807) is 12.1 Å². The summed E-state index contributed by atoms with van der Waals surface area (Å²) in [5.41, 5.74) is 4.62. The van der Waals surface area contributed by atoms with Crippen LogP contribution < -0.4 is 0 Å². The van der Waals surface area contributed by atoms with Crippen molar-refractivity contribution in [2.75, 3.05) is 0 Å². The highest BCUT2D eigenvalue weighted by Gasteiger charge is 2.32. The number of rotatable bonds is 3. The van der Waals surface area contributed by atoms with Gasteiger partial charge in [0.2, 0.25) is 0 Å². The molecule has 3 heterocycles. The van der Waals surface area contributed by atoms with Crippen molar-refractivity contribution in [1.82, 2.24) is 24.5 Å². The molecular weight excluding hydrogens is 326 g/mol. The number of hydrogen-bond donors (Lipinski definition) is 1. The van der Waals surface area contributed by atoms with Crippen LogP contribution >= 0.6 is 0 Å². The summed E-state index contributed by atoms with van der Waals surface area (Å²) in [5, 5.41) is 23.8. The Morgan fingerprint density at radius 2 is 1.96 bits per heavy atom. The van der Waals surface area contributed by atoms with Crippen LogP contribution in [0.25, 0.3) is 22.9 Å². The maximum Gasteiger partial charge on any atom is 0.182 e. The van der Waals surface area contributed by atoms with Gasteiger partial charge in [-0.05, 0) is 37.8 Å². The van der Waals surface area contributed by atoms with Gasteiger partial charge in [-0.1, -0.05) is 31.9 Å². The fourth-order valence-electron chi connectivity index (χ4n) is 4.48. The Hall–Kier alpha value is -2.63. The maximum atomic E-state index is 9.83. The summed E-state index contributed by atoms with van der Waals surface area (Å²) in [6.07, 6.45) is 6.87. The van der Waals surface area contributed by atoms with E-state index in [0.717, 1.165) is 36.6 Å². The third kappa shape index (κ3) is 2.28. The van der Waals surface area contributed by atoms with Gasteiger partial charge in [-0.25, -0.2) is 0 Å². The third-order valence-electron chi connectivity index (χ3n) is 5.75. The number of aromatic hydroxyl groups is 1. The molecule has 1 aromatic carbocycles. The summed E-state index contributed by atoms with van der Waals surface area (Å²) in [6.45, 7) is 3.03. The largest absolute Gasteiger partial charge is 0.508 e. The summed E-state index contributed by atoms with van der Waals surface area (Å²) >= 11 is 0. The van der Waals surface area contributed by atoms with E-state index < -0.39 is 0 Å². The minimum absolute atomic E-state index is 0.251. The molecule has 0 saturated heterocycles. The van der Waals surface area contributed by atoms with Gasteiger partial charge < -0.3 is 9.67 Å². The van der Waals surface area contributed by atoms with Crippen molar-refractivity contribution < 1.29 is 5.11 Å². The molecule has 134 valence electrons.